The smallest absolute Gasteiger partial charge is 0.323 e. The van der Waals surface area contributed by atoms with Gasteiger partial charge in [0.2, 0.25) is 0 Å². The van der Waals surface area contributed by atoms with Crippen LogP contribution in [0.3, 0.4) is 0 Å². The number of amides is 3. The van der Waals surface area contributed by atoms with E-state index >= 15 is 0 Å². The summed E-state index contributed by atoms with van der Waals surface area (Å²) in [6.45, 7) is 8.74. The van der Waals surface area contributed by atoms with Crippen molar-refractivity contribution in [3.63, 3.8) is 0 Å². The number of ether oxygens (including phenoxy) is 3. The maximum Gasteiger partial charge on any atom is 0.323 e. The third-order valence-electron chi connectivity index (χ3n) is 9.44. The molecule has 3 amide bonds. The van der Waals surface area contributed by atoms with Gasteiger partial charge in [0.1, 0.15) is 11.5 Å². The zero-order chi connectivity index (χ0) is 33.8. The van der Waals surface area contributed by atoms with Crippen LogP contribution in [-0.2, 0) is 4.74 Å². The second kappa shape index (κ2) is 18.3. The van der Waals surface area contributed by atoms with Gasteiger partial charge in [0, 0.05) is 43.5 Å². The molecule has 10 nitrogen and oxygen atoms in total. The van der Waals surface area contributed by atoms with E-state index in [1.165, 1.54) is 32.1 Å². The van der Waals surface area contributed by atoms with Gasteiger partial charge in [-0.05, 0) is 101 Å². The van der Waals surface area contributed by atoms with E-state index in [0.29, 0.717) is 41.6 Å². The van der Waals surface area contributed by atoms with E-state index in [2.05, 4.69) is 29.5 Å². The van der Waals surface area contributed by atoms with Gasteiger partial charge in [-0.1, -0.05) is 26.2 Å². The highest BCUT2D eigenvalue weighted by atomic mass is 16.5. The van der Waals surface area contributed by atoms with Crippen molar-refractivity contribution < 1.29 is 28.9 Å². The number of benzene rings is 2. The minimum absolute atomic E-state index is 0.0181. The van der Waals surface area contributed by atoms with Gasteiger partial charge in [-0.15, -0.1) is 0 Å². The number of rotatable bonds is 9. The molecular formula is C37H56N4O6. The van der Waals surface area contributed by atoms with Crippen molar-refractivity contribution in [2.24, 2.45) is 11.8 Å². The van der Waals surface area contributed by atoms with Crippen LogP contribution in [0.2, 0.25) is 0 Å². The lowest BCUT2D eigenvalue weighted by atomic mass is 9.89. The third-order valence-corrected chi connectivity index (χ3v) is 9.44. The lowest BCUT2D eigenvalue weighted by Gasteiger charge is -2.36. The van der Waals surface area contributed by atoms with Crippen LogP contribution < -0.4 is 20.1 Å². The number of hydrogen-bond donors (Lipinski definition) is 3. The fraction of sp³-hybridized carbons (Fsp3) is 0.622. The van der Waals surface area contributed by atoms with Crippen molar-refractivity contribution in [2.75, 3.05) is 57.6 Å². The van der Waals surface area contributed by atoms with Gasteiger partial charge in [0.05, 0.1) is 37.5 Å². The molecule has 0 radical (unpaired) electrons. The molecule has 1 aliphatic heterocycles. The van der Waals surface area contributed by atoms with E-state index in [9.17, 15) is 14.7 Å². The van der Waals surface area contributed by atoms with Crippen molar-refractivity contribution in [2.45, 2.75) is 90.4 Å². The molecule has 2 aliphatic rings. The van der Waals surface area contributed by atoms with Gasteiger partial charge >= 0.3 is 6.03 Å². The molecule has 0 bridgehead atoms. The number of carbonyl (C=O) groups is 2. The van der Waals surface area contributed by atoms with Gasteiger partial charge in [-0.3, -0.25) is 4.79 Å². The number of urea groups is 1. The van der Waals surface area contributed by atoms with Crippen LogP contribution in [0.1, 0.15) is 82.5 Å². The Kier molecular flexibility index (Phi) is 14.2. The molecule has 1 heterocycles. The van der Waals surface area contributed by atoms with E-state index in [0.717, 1.165) is 38.3 Å². The predicted octanol–water partition coefficient (Wildman–Crippen LogP) is 6.65. The number of anilines is 2. The van der Waals surface area contributed by atoms with Crippen molar-refractivity contribution >= 4 is 23.3 Å². The fourth-order valence-electron chi connectivity index (χ4n) is 6.62. The Hall–Kier alpha value is -3.34. The Morgan fingerprint density at radius 2 is 1.68 bits per heavy atom. The SMILES string of the molecule is COc1ccc(NC(=O)Nc2ccc3c(c2)C(=O)N([C@@H](C)CO)C[C@H](C)[C@@H](CN(C)CC2CCCCC2)OCCCC[C@H](C)O3)cc1. The molecule has 2 aromatic rings. The van der Waals surface area contributed by atoms with Gasteiger partial charge in [-0.25, -0.2) is 4.79 Å². The Morgan fingerprint density at radius 3 is 2.38 bits per heavy atom. The third kappa shape index (κ3) is 11.1. The molecule has 0 spiro atoms. The Balaban J connectivity index is 1.55. The summed E-state index contributed by atoms with van der Waals surface area (Å²) in [5.41, 5.74) is 1.40. The van der Waals surface area contributed by atoms with E-state index < -0.39 is 12.1 Å². The van der Waals surface area contributed by atoms with Crippen LogP contribution in [0.5, 0.6) is 11.5 Å². The van der Waals surface area contributed by atoms with Crippen molar-refractivity contribution in [3.05, 3.63) is 48.0 Å². The molecule has 1 aliphatic carbocycles. The molecule has 0 aromatic heterocycles. The first kappa shape index (κ1) is 36.5. The molecule has 0 saturated heterocycles. The zero-order valence-electron chi connectivity index (χ0n) is 29.0. The lowest BCUT2D eigenvalue weighted by Crippen LogP contribution is -2.47. The summed E-state index contributed by atoms with van der Waals surface area (Å²) in [5.74, 6) is 1.64. The largest absolute Gasteiger partial charge is 0.497 e. The highest BCUT2D eigenvalue weighted by molar-refractivity contribution is 6.02. The Bertz CT molecular complexity index is 1270. The van der Waals surface area contributed by atoms with Crippen LogP contribution in [-0.4, -0.2) is 92.1 Å². The summed E-state index contributed by atoms with van der Waals surface area (Å²) in [7, 11) is 3.77. The summed E-state index contributed by atoms with van der Waals surface area (Å²) in [4.78, 5) is 31.4. The molecule has 3 N–H and O–H groups in total. The van der Waals surface area contributed by atoms with E-state index in [4.69, 9.17) is 14.2 Å². The van der Waals surface area contributed by atoms with Crippen LogP contribution in [0.15, 0.2) is 42.5 Å². The molecule has 0 unspecified atom stereocenters. The van der Waals surface area contributed by atoms with E-state index in [-0.39, 0.29) is 30.6 Å². The maximum atomic E-state index is 14.4. The molecule has 260 valence electrons. The van der Waals surface area contributed by atoms with Crippen molar-refractivity contribution in [3.8, 4) is 11.5 Å². The number of aliphatic hydroxyl groups excluding tert-OH is 1. The molecule has 1 fully saturated rings. The number of nitrogens with zero attached hydrogens (tertiary/aromatic N) is 2. The van der Waals surface area contributed by atoms with Crippen LogP contribution >= 0.6 is 0 Å². The first-order chi connectivity index (χ1) is 22.7. The van der Waals surface area contributed by atoms with Crippen LogP contribution in [0, 0.1) is 11.8 Å². The number of carbonyl (C=O) groups excluding carboxylic acids is 2. The summed E-state index contributed by atoms with van der Waals surface area (Å²) in [6.07, 6.45) is 9.08. The second-order valence-electron chi connectivity index (χ2n) is 13.5. The number of hydrogen-bond acceptors (Lipinski definition) is 7. The molecule has 2 aromatic carbocycles. The number of likely N-dealkylation sites (N-methyl/N-ethyl adjacent to an activating group) is 1. The molecular weight excluding hydrogens is 596 g/mol. The normalized spacial score (nSPS) is 22.5. The highest BCUT2D eigenvalue weighted by Gasteiger charge is 2.31. The molecule has 10 heteroatoms. The fourth-order valence-corrected chi connectivity index (χ4v) is 6.62. The number of fused-ring (bicyclic) bond motifs is 1. The first-order valence-electron chi connectivity index (χ1n) is 17.4. The van der Waals surface area contributed by atoms with Gasteiger partial charge in [-0.2, -0.15) is 0 Å². The lowest BCUT2D eigenvalue weighted by molar-refractivity contribution is -0.0190. The zero-order valence-corrected chi connectivity index (χ0v) is 29.0. The standard InChI is InChI=1S/C37H56N4O6/c1-26-22-41(27(2)25-42)36(43)33-21-31(39-37(44)38-30-14-17-32(45-5)18-15-30)16-19-34(33)47-28(3)11-9-10-20-46-35(26)24-40(4)23-29-12-7-6-8-13-29/h14-19,21,26-29,35,42H,6-13,20,22-25H2,1-5H3,(H2,38,39,44)/t26-,27-,28-,35+/m0/s1. The van der Waals surface area contributed by atoms with E-state index in [1.54, 1.807) is 54.5 Å². The van der Waals surface area contributed by atoms with Gasteiger partial charge in [0.25, 0.3) is 5.91 Å². The molecule has 4 rings (SSSR count). The Morgan fingerprint density at radius 1 is 1.00 bits per heavy atom. The molecule has 4 atom stereocenters. The van der Waals surface area contributed by atoms with Crippen molar-refractivity contribution in [1.82, 2.24) is 9.80 Å². The maximum absolute atomic E-state index is 14.4. The first-order valence-corrected chi connectivity index (χ1v) is 17.4. The number of methoxy groups -OCH3 is 1. The average molecular weight is 653 g/mol. The number of aliphatic hydroxyl groups is 1. The molecule has 47 heavy (non-hydrogen) atoms. The highest BCUT2D eigenvalue weighted by Crippen LogP contribution is 2.29. The van der Waals surface area contributed by atoms with Crippen LogP contribution in [0.25, 0.3) is 0 Å². The second-order valence-corrected chi connectivity index (χ2v) is 13.5. The topological polar surface area (TPSA) is 113 Å². The number of nitrogens with one attached hydrogen (secondary N) is 2. The Labute approximate surface area is 281 Å². The van der Waals surface area contributed by atoms with Gasteiger partial charge < -0.3 is 39.8 Å². The van der Waals surface area contributed by atoms with Crippen LogP contribution in [0.4, 0.5) is 16.2 Å². The predicted molar refractivity (Wildman–Crippen MR) is 187 cm³/mol. The minimum atomic E-state index is -0.440. The molecule has 1 saturated carbocycles. The summed E-state index contributed by atoms with van der Waals surface area (Å²) < 4.78 is 18.1. The summed E-state index contributed by atoms with van der Waals surface area (Å²) >= 11 is 0. The summed E-state index contributed by atoms with van der Waals surface area (Å²) in [6, 6.07) is 11.3. The summed E-state index contributed by atoms with van der Waals surface area (Å²) in [5, 5.41) is 15.9. The quantitative estimate of drug-likeness (QED) is 0.278. The van der Waals surface area contributed by atoms with Gasteiger partial charge in [0.15, 0.2) is 0 Å². The minimum Gasteiger partial charge on any atom is -0.497 e. The van der Waals surface area contributed by atoms with E-state index in [1.807, 2.05) is 13.8 Å². The van der Waals surface area contributed by atoms with Crippen molar-refractivity contribution in [1.29, 1.82) is 0 Å². The monoisotopic (exact) mass is 652 g/mol. The average Bonchev–Trinajstić information content (AvgIpc) is 3.06.